The van der Waals surface area contributed by atoms with Gasteiger partial charge in [0.15, 0.2) is 6.61 Å². The molecule has 0 aromatic heterocycles. The summed E-state index contributed by atoms with van der Waals surface area (Å²) in [4.78, 5) is 38.1. The average molecular weight is 497 g/mol. The summed E-state index contributed by atoms with van der Waals surface area (Å²) in [6, 6.07) is 8.70. The number of β-amino-alcohol motifs (C(OH)–C–C–N with tert-alkyl or cyclic N) is 1. The molecule has 3 rings (SSSR count). The van der Waals surface area contributed by atoms with Crippen molar-refractivity contribution in [2.45, 2.75) is 25.0 Å². The highest BCUT2D eigenvalue weighted by Crippen LogP contribution is 2.22. The SMILES string of the molecule is O=C(COC(=O)[C@@H]1C[C@@H](O)CN1C(=O)Cc1ccccc1F)Nc1ccc(Br)cc1F. The number of aliphatic hydroxyl groups is 1. The molecule has 2 N–H and O–H groups in total. The molecule has 1 heterocycles. The number of carbonyl (C=O) groups is 3. The fourth-order valence-electron chi connectivity index (χ4n) is 3.23. The van der Waals surface area contributed by atoms with Crippen molar-refractivity contribution in [3.63, 3.8) is 0 Å². The van der Waals surface area contributed by atoms with Crippen molar-refractivity contribution in [2.24, 2.45) is 0 Å². The highest BCUT2D eigenvalue weighted by atomic mass is 79.9. The van der Waals surface area contributed by atoms with E-state index in [2.05, 4.69) is 21.2 Å². The number of ether oxygens (including phenoxy) is 1. The van der Waals surface area contributed by atoms with Crippen LogP contribution in [0.1, 0.15) is 12.0 Å². The van der Waals surface area contributed by atoms with Gasteiger partial charge in [0.25, 0.3) is 5.91 Å². The van der Waals surface area contributed by atoms with Crippen molar-refractivity contribution in [2.75, 3.05) is 18.5 Å². The number of halogens is 3. The fourth-order valence-corrected chi connectivity index (χ4v) is 3.56. The quantitative estimate of drug-likeness (QED) is 0.598. The number of anilines is 1. The largest absolute Gasteiger partial charge is 0.454 e. The van der Waals surface area contributed by atoms with Crippen LogP contribution in [0.3, 0.4) is 0 Å². The Morgan fingerprint density at radius 1 is 1.16 bits per heavy atom. The third-order valence-electron chi connectivity index (χ3n) is 4.72. The number of nitrogens with one attached hydrogen (secondary N) is 1. The molecule has 164 valence electrons. The molecule has 0 aliphatic carbocycles. The van der Waals surface area contributed by atoms with Gasteiger partial charge in [-0.2, -0.15) is 0 Å². The summed E-state index contributed by atoms with van der Waals surface area (Å²) in [6.07, 6.45) is -1.30. The molecule has 1 aliphatic heterocycles. The van der Waals surface area contributed by atoms with E-state index < -0.39 is 48.2 Å². The Morgan fingerprint density at radius 2 is 1.90 bits per heavy atom. The number of hydrogen-bond acceptors (Lipinski definition) is 5. The number of nitrogens with zero attached hydrogens (tertiary/aromatic N) is 1. The molecule has 2 atom stereocenters. The number of amides is 2. The first-order valence-corrected chi connectivity index (χ1v) is 10.2. The second-order valence-electron chi connectivity index (χ2n) is 7.00. The van der Waals surface area contributed by atoms with Crippen LogP contribution in [0.5, 0.6) is 0 Å². The average Bonchev–Trinajstić information content (AvgIpc) is 3.12. The zero-order valence-corrected chi connectivity index (χ0v) is 17.8. The lowest BCUT2D eigenvalue weighted by Crippen LogP contribution is -2.43. The van der Waals surface area contributed by atoms with Crippen molar-refractivity contribution in [1.82, 2.24) is 4.90 Å². The molecule has 0 bridgehead atoms. The summed E-state index contributed by atoms with van der Waals surface area (Å²) in [5, 5.41) is 12.2. The molecule has 7 nitrogen and oxygen atoms in total. The molecule has 2 aromatic rings. The highest BCUT2D eigenvalue weighted by molar-refractivity contribution is 9.10. The minimum absolute atomic E-state index is 0.0647. The maximum absolute atomic E-state index is 13.8. The van der Waals surface area contributed by atoms with Gasteiger partial charge in [0.05, 0.1) is 18.2 Å². The van der Waals surface area contributed by atoms with Gasteiger partial charge in [0.1, 0.15) is 17.7 Å². The smallest absolute Gasteiger partial charge is 0.329 e. The van der Waals surface area contributed by atoms with Gasteiger partial charge in [0.2, 0.25) is 5.91 Å². The molecule has 31 heavy (non-hydrogen) atoms. The van der Waals surface area contributed by atoms with Gasteiger partial charge in [0, 0.05) is 17.4 Å². The van der Waals surface area contributed by atoms with Crippen LogP contribution in [-0.2, 0) is 25.5 Å². The molecule has 2 aromatic carbocycles. The van der Waals surface area contributed by atoms with Crippen LogP contribution >= 0.6 is 15.9 Å². The third kappa shape index (κ3) is 5.86. The lowest BCUT2D eigenvalue weighted by molar-refractivity contribution is -0.155. The third-order valence-corrected chi connectivity index (χ3v) is 5.21. The molecule has 1 aliphatic rings. The minimum Gasteiger partial charge on any atom is -0.454 e. The first-order valence-electron chi connectivity index (χ1n) is 9.37. The number of hydrogen-bond donors (Lipinski definition) is 2. The standard InChI is InChI=1S/C21H19BrF2N2O5/c22-13-5-6-17(16(24)8-13)25-19(28)11-31-21(30)18-9-14(27)10-26(18)20(29)7-12-3-1-2-4-15(12)23/h1-6,8,14,18,27H,7,9-11H2,(H,25,28)/t14-,18+/m1/s1. The molecular formula is C21H19BrF2N2O5. The van der Waals surface area contributed by atoms with Crippen LogP contribution in [0.15, 0.2) is 46.9 Å². The number of carbonyl (C=O) groups excluding carboxylic acids is 3. The number of likely N-dealkylation sites (tertiary alicyclic amines) is 1. The van der Waals surface area contributed by atoms with Gasteiger partial charge in [-0.1, -0.05) is 34.1 Å². The molecular weight excluding hydrogens is 478 g/mol. The lowest BCUT2D eigenvalue weighted by Gasteiger charge is -2.23. The van der Waals surface area contributed by atoms with Gasteiger partial charge in [-0.25, -0.2) is 13.6 Å². The van der Waals surface area contributed by atoms with Crippen molar-refractivity contribution < 1.29 is 33.0 Å². The van der Waals surface area contributed by atoms with Crippen LogP contribution in [0.25, 0.3) is 0 Å². The summed E-state index contributed by atoms with van der Waals surface area (Å²) in [7, 11) is 0. The molecule has 0 saturated carbocycles. The maximum Gasteiger partial charge on any atom is 0.329 e. The first kappa shape index (κ1) is 22.8. The molecule has 1 saturated heterocycles. The summed E-state index contributed by atoms with van der Waals surface area (Å²) in [6.45, 7) is -0.806. The second-order valence-corrected chi connectivity index (χ2v) is 7.92. The summed E-state index contributed by atoms with van der Waals surface area (Å²) >= 11 is 3.10. The monoisotopic (exact) mass is 496 g/mol. The topological polar surface area (TPSA) is 95.9 Å². The Morgan fingerprint density at radius 3 is 2.61 bits per heavy atom. The predicted molar refractivity (Wildman–Crippen MR) is 110 cm³/mol. The second kappa shape index (κ2) is 9.97. The number of benzene rings is 2. The maximum atomic E-state index is 13.8. The molecule has 10 heteroatoms. The molecule has 1 fully saturated rings. The Balaban J connectivity index is 1.58. The molecule has 0 unspecified atom stereocenters. The van der Waals surface area contributed by atoms with Crippen molar-refractivity contribution in [1.29, 1.82) is 0 Å². The van der Waals surface area contributed by atoms with Gasteiger partial charge in [-0.15, -0.1) is 0 Å². The Hall–Kier alpha value is -2.85. The lowest BCUT2D eigenvalue weighted by atomic mass is 10.1. The molecule has 2 amide bonds. The van der Waals surface area contributed by atoms with Gasteiger partial charge < -0.3 is 20.1 Å². The van der Waals surface area contributed by atoms with E-state index in [0.717, 1.165) is 4.90 Å². The van der Waals surface area contributed by atoms with Crippen LogP contribution in [0, 0.1) is 11.6 Å². The van der Waals surface area contributed by atoms with Crippen LogP contribution < -0.4 is 5.32 Å². The zero-order valence-electron chi connectivity index (χ0n) is 16.2. The summed E-state index contributed by atoms with van der Waals surface area (Å²) in [5.41, 5.74) is 0.0825. The van der Waals surface area contributed by atoms with E-state index in [0.29, 0.717) is 4.47 Å². The Labute approximate surface area is 185 Å². The Bertz CT molecular complexity index is 1000. The van der Waals surface area contributed by atoms with Crippen LogP contribution in [-0.4, -0.2) is 53.1 Å². The van der Waals surface area contributed by atoms with E-state index in [1.807, 2.05) is 0 Å². The minimum atomic E-state index is -1.11. The van der Waals surface area contributed by atoms with Crippen molar-refractivity contribution in [3.05, 3.63) is 64.1 Å². The van der Waals surface area contributed by atoms with E-state index in [-0.39, 0.29) is 30.6 Å². The van der Waals surface area contributed by atoms with E-state index in [9.17, 15) is 28.3 Å². The van der Waals surface area contributed by atoms with Crippen molar-refractivity contribution in [3.8, 4) is 0 Å². The zero-order chi connectivity index (χ0) is 22.5. The first-order chi connectivity index (χ1) is 14.7. The van der Waals surface area contributed by atoms with Gasteiger partial charge >= 0.3 is 5.97 Å². The predicted octanol–water partition coefficient (Wildman–Crippen LogP) is 2.41. The van der Waals surface area contributed by atoms with E-state index in [4.69, 9.17) is 4.74 Å². The van der Waals surface area contributed by atoms with Gasteiger partial charge in [-0.3, -0.25) is 9.59 Å². The number of aliphatic hydroxyl groups excluding tert-OH is 1. The molecule has 0 radical (unpaired) electrons. The normalized spacial score (nSPS) is 18.0. The van der Waals surface area contributed by atoms with Crippen LogP contribution in [0.4, 0.5) is 14.5 Å². The number of rotatable bonds is 6. The fraction of sp³-hybridized carbons (Fsp3) is 0.286. The molecule has 0 spiro atoms. The van der Waals surface area contributed by atoms with Crippen molar-refractivity contribution >= 4 is 39.4 Å². The van der Waals surface area contributed by atoms with Gasteiger partial charge in [-0.05, 0) is 29.8 Å². The number of esters is 1. The van der Waals surface area contributed by atoms with E-state index in [1.54, 1.807) is 6.07 Å². The summed E-state index contributed by atoms with van der Waals surface area (Å²) < 4.78 is 33.1. The summed E-state index contributed by atoms with van der Waals surface area (Å²) in [5.74, 6) is -3.42. The van der Waals surface area contributed by atoms with Crippen LogP contribution in [0.2, 0.25) is 0 Å². The van der Waals surface area contributed by atoms with E-state index in [1.165, 1.54) is 36.4 Å². The highest BCUT2D eigenvalue weighted by Gasteiger charge is 2.40. The Kier molecular flexibility index (Phi) is 7.34. The van der Waals surface area contributed by atoms with E-state index >= 15 is 0 Å².